The highest BCUT2D eigenvalue weighted by Gasteiger charge is 2.44. The molecule has 110 valence electrons. The minimum absolute atomic E-state index is 0.0415. The number of rotatable bonds is 3. The molecule has 2 aromatic rings. The molecule has 2 N–H and O–H groups in total. The third kappa shape index (κ3) is 2.48. The van der Waals surface area contributed by atoms with Gasteiger partial charge in [0.25, 0.3) is 5.91 Å². The molecule has 0 saturated carbocycles. The van der Waals surface area contributed by atoms with Crippen LogP contribution in [0.5, 0.6) is 0 Å². The van der Waals surface area contributed by atoms with E-state index >= 15 is 0 Å². The highest BCUT2D eigenvalue weighted by molar-refractivity contribution is 6.31. The Balaban J connectivity index is 1.88. The fraction of sp³-hybridized carbons (Fsp3) is 0.286. The number of nitrogens with one attached hydrogen (secondary N) is 1. The topological polar surface area (TPSA) is 88.8 Å². The molecule has 0 spiro atoms. The number of hydrogen-bond acceptors (Lipinski definition) is 4. The normalized spacial score (nSPS) is 21.6. The van der Waals surface area contributed by atoms with Crippen LogP contribution in [0.4, 0.5) is 0 Å². The van der Waals surface area contributed by atoms with Crippen molar-refractivity contribution in [1.82, 2.24) is 5.32 Å². The summed E-state index contributed by atoms with van der Waals surface area (Å²) in [5.41, 5.74) is -0.884. The molecule has 1 unspecified atom stereocenters. The lowest BCUT2D eigenvalue weighted by Crippen LogP contribution is -2.55. The first kappa shape index (κ1) is 13.9. The lowest BCUT2D eigenvalue weighted by molar-refractivity contribution is -0.144. The molecule has 0 radical (unpaired) electrons. The summed E-state index contributed by atoms with van der Waals surface area (Å²) in [5.74, 6) is -1.66. The minimum atomic E-state index is -1.40. The number of hydrogen-bond donors (Lipinski definition) is 2. The van der Waals surface area contributed by atoms with E-state index in [2.05, 4.69) is 5.32 Å². The van der Waals surface area contributed by atoms with Crippen LogP contribution in [-0.2, 0) is 9.53 Å². The van der Waals surface area contributed by atoms with E-state index in [1.807, 2.05) is 0 Å². The number of carboxylic acids is 1. The van der Waals surface area contributed by atoms with Gasteiger partial charge in [-0.1, -0.05) is 11.6 Å². The summed E-state index contributed by atoms with van der Waals surface area (Å²) in [4.78, 5) is 23.6. The molecule has 0 aliphatic carbocycles. The lowest BCUT2D eigenvalue weighted by Gasteiger charge is -2.22. The maximum absolute atomic E-state index is 12.2. The Morgan fingerprint density at radius 2 is 2.14 bits per heavy atom. The molecule has 7 heteroatoms. The van der Waals surface area contributed by atoms with Crippen LogP contribution < -0.4 is 5.32 Å². The molecule has 6 nitrogen and oxygen atoms in total. The highest BCUT2D eigenvalue weighted by atomic mass is 35.5. The molecule has 1 aliphatic heterocycles. The lowest BCUT2D eigenvalue weighted by atomic mass is 9.99. The molecule has 1 aromatic heterocycles. The fourth-order valence-corrected chi connectivity index (χ4v) is 2.47. The van der Waals surface area contributed by atoms with Crippen LogP contribution in [-0.4, -0.2) is 35.7 Å². The van der Waals surface area contributed by atoms with Gasteiger partial charge in [-0.2, -0.15) is 0 Å². The number of amides is 1. The average Bonchev–Trinajstić information content (AvgIpc) is 3.05. The second-order valence-electron chi connectivity index (χ2n) is 4.94. The molecule has 1 amide bonds. The zero-order valence-corrected chi connectivity index (χ0v) is 11.6. The molecule has 1 saturated heterocycles. The van der Waals surface area contributed by atoms with Gasteiger partial charge in [-0.25, -0.2) is 4.79 Å². The summed E-state index contributed by atoms with van der Waals surface area (Å²) in [7, 11) is 0. The van der Waals surface area contributed by atoms with Gasteiger partial charge in [0.1, 0.15) is 5.58 Å². The van der Waals surface area contributed by atoms with E-state index in [-0.39, 0.29) is 18.8 Å². The van der Waals surface area contributed by atoms with Crippen molar-refractivity contribution in [3.05, 3.63) is 35.0 Å². The third-order valence-corrected chi connectivity index (χ3v) is 3.72. The predicted octanol–water partition coefficient (Wildman–Crippen LogP) is 2.06. The van der Waals surface area contributed by atoms with Gasteiger partial charge < -0.3 is 19.6 Å². The Labute approximate surface area is 124 Å². The second-order valence-corrected chi connectivity index (χ2v) is 5.37. The van der Waals surface area contributed by atoms with Gasteiger partial charge in [-0.15, -0.1) is 0 Å². The molecular formula is C14H12ClNO5. The molecule has 1 atom stereocenters. The Bertz CT molecular complexity index is 717. The maximum Gasteiger partial charge on any atom is 0.331 e. The summed E-state index contributed by atoms with van der Waals surface area (Å²) < 4.78 is 10.5. The minimum Gasteiger partial charge on any atom is -0.479 e. The van der Waals surface area contributed by atoms with Gasteiger partial charge in [0.15, 0.2) is 11.3 Å². The first-order valence-electron chi connectivity index (χ1n) is 6.33. The fourth-order valence-electron chi connectivity index (χ4n) is 2.29. The quantitative estimate of drug-likeness (QED) is 0.906. The standard InChI is InChI=1S/C14H12ClNO5/c15-9-1-2-10-8(5-9)6-11(21-10)12(17)16-14(13(18)19)3-4-20-7-14/h1-2,5-6H,3-4,7H2,(H,16,17)(H,18,19). The SMILES string of the molecule is O=C(NC1(C(=O)O)CCOC1)c1cc2cc(Cl)ccc2o1. The number of ether oxygens (including phenoxy) is 1. The number of fused-ring (bicyclic) bond motifs is 1. The number of carboxylic acid groups (broad SMARTS) is 1. The van der Waals surface area contributed by atoms with E-state index in [1.165, 1.54) is 6.07 Å². The van der Waals surface area contributed by atoms with Gasteiger partial charge in [0.05, 0.1) is 6.61 Å². The Morgan fingerprint density at radius 1 is 1.33 bits per heavy atom. The third-order valence-electron chi connectivity index (χ3n) is 3.49. The molecule has 1 aliphatic rings. The van der Waals surface area contributed by atoms with Gasteiger partial charge >= 0.3 is 5.97 Å². The monoisotopic (exact) mass is 309 g/mol. The second kappa shape index (κ2) is 5.05. The molecule has 21 heavy (non-hydrogen) atoms. The van der Waals surface area contributed by atoms with Gasteiger partial charge in [0.2, 0.25) is 0 Å². The Kier molecular flexibility index (Phi) is 3.35. The zero-order valence-electron chi connectivity index (χ0n) is 10.9. The summed E-state index contributed by atoms with van der Waals surface area (Å²) >= 11 is 5.87. The summed E-state index contributed by atoms with van der Waals surface area (Å²) in [6.45, 7) is 0.239. The first-order valence-corrected chi connectivity index (χ1v) is 6.71. The number of aliphatic carboxylic acids is 1. The van der Waals surface area contributed by atoms with Crippen molar-refractivity contribution in [3.8, 4) is 0 Å². The van der Waals surface area contributed by atoms with Crippen LogP contribution in [0.3, 0.4) is 0 Å². The van der Waals surface area contributed by atoms with Crippen molar-refractivity contribution in [2.45, 2.75) is 12.0 Å². The summed E-state index contributed by atoms with van der Waals surface area (Å²) in [5, 5.41) is 13.0. The van der Waals surface area contributed by atoms with Gasteiger partial charge in [-0.3, -0.25) is 4.79 Å². The molecule has 2 heterocycles. The number of carbonyl (C=O) groups is 2. The van der Waals surface area contributed by atoms with E-state index < -0.39 is 17.4 Å². The molecule has 0 bridgehead atoms. The Hall–Kier alpha value is -2.05. The van der Waals surface area contributed by atoms with E-state index in [1.54, 1.807) is 18.2 Å². The van der Waals surface area contributed by atoms with Crippen LogP contribution in [0.1, 0.15) is 17.0 Å². The van der Waals surface area contributed by atoms with E-state index in [0.717, 1.165) is 0 Å². The highest BCUT2D eigenvalue weighted by Crippen LogP contribution is 2.24. The van der Waals surface area contributed by atoms with Gasteiger partial charge in [0, 0.05) is 23.4 Å². The smallest absolute Gasteiger partial charge is 0.331 e. The number of carbonyl (C=O) groups excluding carboxylic acids is 1. The number of furan rings is 1. The maximum atomic E-state index is 12.2. The average molecular weight is 310 g/mol. The van der Waals surface area contributed by atoms with Crippen LogP contribution in [0.15, 0.2) is 28.7 Å². The largest absolute Gasteiger partial charge is 0.479 e. The number of halogens is 1. The summed E-state index contributed by atoms with van der Waals surface area (Å²) in [6.07, 6.45) is 0.222. The van der Waals surface area contributed by atoms with Crippen LogP contribution >= 0.6 is 11.6 Å². The zero-order chi connectivity index (χ0) is 15.0. The van der Waals surface area contributed by atoms with Crippen molar-refractivity contribution in [1.29, 1.82) is 0 Å². The van der Waals surface area contributed by atoms with Crippen molar-refractivity contribution >= 4 is 34.4 Å². The van der Waals surface area contributed by atoms with E-state index in [4.69, 9.17) is 20.8 Å². The molecule has 3 rings (SSSR count). The van der Waals surface area contributed by atoms with Crippen LogP contribution in [0.25, 0.3) is 11.0 Å². The van der Waals surface area contributed by atoms with Crippen molar-refractivity contribution < 1.29 is 23.8 Å². The van der Waals surface area contributed by atoms with E-state index in [9.17, 15) is 14.7 Å². The van der Waals surface area contributed by atoms with Crippen LogP contribution in [0.2, 0.25) is 5.02 Å². The predicted molar refractivity (Wildman–Crippen MR) is 74.5 cm³/mol. The van der Waals surface area contributed by atoms with Gasteiger partial charge in [-0.05, 0) is 24.3 Å². The molecular weight excluding hydrogens is 298 g/mol. The summed E-state index contributed by atoms with van der Waals surface area (Å²) in [6, 6.07) is 6.50. The Morgan fingerprint density at radius 3 is 2.81 bits per heavy atom. The van der Waals surface area contributed by atoms with Crippen molar-refractivity contribution in [2.24, 2.45) is 0 Å². The number of benzene rings is 1. The van der Waals surface area contributed by atoms with E-state index in [0.29, 0.717) is 22.6 Å². The van der Waals surface area contributed by atoms with Crippen molar-refractivity contribution in [2.75, 3.05) is 13.2 Å². The molecule has 1 aromatic carbocycles. The van der Waals surface area contributed by atoms with Crippen molar-refractivity contribution in [3.63, 3.8) is 0 Å². The first-order chi connectivity index (χ1) is 10.00. The van der Waals surface area contributed by atoms with Crippen LogP contribution in [0, 0.1) is 0 Å². The molecule has 1 fully saturated rings.